The third kappa shape index (κ3) is 8.86. The van der Waals surface area contributed by atoms with E-state index in [9.17, 15) is 22.8 Å². The van der Waals surface area contributed by atoms with Gasteiger partial charge in [0.2, 0.25) is 0 Å². The van der Waals surface area contributed by atoms with E-state index in [0.29, 0.717) is 23.1 Å². The SMILES string of the molecule is CCCC(c1ccc(C(=O)OC(C)(C)C)cc1)C(NC(=O)c1cc(C)cc(C)c1)c1ccc(OC(F)(F)F)cc1. The molecular weight excluding hydrogens is 519 g/mol. The quantitative estimate of drug-likeness (QED) is 0.270. The van der Waals surface area contributed by atoms with Gasteiger partial charge in [-0.25, -0.2) is 4.79 Å². The van der Waals surface area contributed by atoms with Crippen LogP contribution in [-0.2, 0) is 4.74 Å². The van der Waals surface area contributed by atoms with E-state index in [2.05, 4.69) is 10.1 Å². The minimum Gasteiger partial charge on any atom is -0.456 e. The van der Waals surface area contributed by atoms with Crippen LogP contribution in [0.1, 0.15) is 95.5 Å². The molecule has 0 heterocycles. The van der Waals surface area contributed by atoms with Gasteiger partial charge >= 0.3 is 12.3 Å². The van der Waals surface area contributed by atoms with Crippen molar-refractivity contribution in [1.82, 2.24) is 5.32 Å². The molecule has 3 rings (SSSR count). The molecule has 2 unspecified atom stereocenters. The van der Waals surface area contributed by atoms with Crippen molar-refractivity contribution in [3.05, 3.63) is 100 Å². The molecule has 214 valence electrons. The second-order valence-electron chi connectivity index (χ2n) is 11.0. The molecule has 0 bridgehead atoms. The summed E-state index contributed by atoms with van der Waals surface area (Å²) in [5.41, 5.74) is 3.65. The molecule has 0 aliphatic heterocycles. The molecule has 8 heteroatoms. The van der Waals surface area contributed by atoms with Gasteiger partial charge < -0.3 is 14.8 Å². The molecular formula is C32H36F3NO4. The van der Waals surface area contributed by atoms with Crippen LogP contribution in [0.4, 0.5) is 13.2 Å². The second kappa shape index (κ2) is 12.6. The first-order valence-electron chi connectivity index (χ1n) is 13.2. The maximum atomic E-state index is 13.5. The fraction of sp³-hybridized carbons (Fsp3) is 0.375. The van der Waals surface area contributed by atoms with Gasteiger partial charge in [0.05, 0.1) is 11.6 Å². The number of ether oxygens (including phenoxy) is 2. The monoisotopic (exact) mass is 555 g/mol. The topological polar surface area (TPSA) is 64.6 Å². The largest absolute Gasteiger partial charge is 0.573 e. The average Bonchev–Trinajstić information content (AvgIpc) is 2.84. The van der Waals surface area contributed by atoms with Gasteiger partial charge in [-0.2, -0.15) is 0 Å². The molecule has 1 N–H and O–H groups in total. The van der Waals surface area contributed by atoms with Crippen LogP contribution in [-0.4, -0.2) is 23.8 Å². The first-order chi connectivity index (χ1) is 18.6. The first kappa shape index (κ1) is 30.7. The molecule has 1 amide bonds. The summed E-state index contributed by atoms with van der Waals surface area (Å²) in [6, 6.07) is 17.6. The zero-order chi connectivity index (χ0) is 29.7. The lowest BCUT2D eigenvalue weighted by atomic mass is 9.83. The standard InChI is InChI=1S/C32H36F3NO4/c1-7-8-27(22-9-11-24(12-10-22)30(38)40-31(4,5)6)28(23-13-15-26(16-14-23)39-32(33,34)35)36-29(37)25-18-20(2)17-21(3)19-25/h9-19,27-28H,7-8H2,1-6H3,(H,36,37). The highest BCUT2D eigenvalue weighted by Crippen LogP contribution is 2.36. The molecule has 5 nitrogen and oxygen atoms in total. The molecule has 0 aliphatic carbocycles. The van der Waals surface area contributed by atoms with Crippen LogP contribution in [0.5, 0.6) is 5.75 Å². The van der Waals surface area contributed by atoms with Gasteiger partial charge in [-0.05, 0) is 88.6 Å². The third-order valence-corrected chi connectivity index (χ3v) is 6.22. The van der Waals surface area contributed by atoms with Crippen molar-refractivity contribution in [2.24, 2.45) is 0 Å². The predicted octanol–water partition coefficient (Wildman–Crippen LogP) is 8.21. The van der Waals surface area contributed by atoms with Gasteiger partial charge in [0.25, 0.3) is 5.91 Å². The molecule has 0 saturated carbocycles. The van der Waals surface area contributed by atoms with Crippen LogP contribution >= 0.6 is 0 Å². The number of benzene rings is 3. The Morgan fingerprint density at radius 1 is 0.825 bits per heavy atom. The van der Waals surface area contributed by atoms with Crippen LogP contribution in [0.25, 0.3) is 0 Å². The zero-order valence-corrected chi connectivity index (χ0v) is 23.7. The average molecular weight is 556 g/mol. The van der Waals surface area contributed by atoms with E-state index < -0.39 is 24.0 Å². The minimum atomic E-state index is -4.81. The molecule has 3 aromatic carbocycles. The molecule has 0 aliphatic rings. The molecule has 0 fully saturated rings. The van der Waals surface area contributed by atoms with E-state index in [4.69, 9.17) is 4.74 Å². The van der Waals surface area contributed by atoms with Crippen molar-refractivity contribution in [2.45, 2.75) is 78.3 Å². The normalized spacial score (nSPS) is 13.3. The molecule has 0 radical (unpaired) electrons. The maximum absolute atomic E-state index is 13.5. The summed E-state index contributed by atoms with van der Waals surface area (Å²) in [6.07, 6.45) is -3.35. The van der Waals surface area contributed by atoms with Crippen LogP contribution in [0.3, 0.4) is 0 Å². The maximum Gasteiger partial charge on any atom is 0.573 e. The number of hydrogen-bond acceptors (Lipinski definition) is 4. The summed E-state index contributed by atoms with van der Waals surface area (Å²) < 4.78 is 47.7. The van der Waals surface area contributed by atoms with E-state index >= 15 is 0 Å². The highest BCUT2D eigenvalue weighted by Gasteiger charge is 2.32. The van der Waals surface area contributed by atoms with Gasteiger partial charge in [-0.15, -0.1) is 13.2 Å². The van der Waals surface area contributed by atoms with Gasteiger partial charge in [0.15, 0.2) is 0 Å². The lowest BCUT2D eigenvalue weighted by Gasteiger charge is -2.29. The fourth-order valence-electron chi connectivity index (χ4n) is 4.66. The lowest BCUT2D eigenvalue weighted by Crippen LogP contribution is -2.33. The van der Waals surface area contributed by atoms with E-state index in [0.717, 1.165) is 23.1 Å². The molecule has 2 atom stereocenters. The van der Waals surface area contributed by atoms with Crippen molar-refractivity contribution in [2.75, 3.05) is 0 Å². The summed E-state index contributed by atoms with van der Waals surface area (Å²) in [5, 5.41) is 3.13. The van der Waals surface area contributed by atoms with Gasteiger partial charge in [-0.3, -0.25) is 4.79 Å². The number of alkyl halides is 3. The minimum absolute atomic E-state index is 0.234. The number of carbonyl (C=O) groups excluding carboxylic acids is 2. The molecule has 0 aromatic heterocycles. The van der Waals surface area contributed by atoms with E-state index in [-0.39, 0.29) is 17.6 Å². The Labute approximate surface area is 233 Å². The van der Waals surface area contributed by atoms with Gasteiger partial charge in [0.1, 0.15) is 11.4 Å². The van der Waals surface area contributed by atoms with E-state index in [1.807, 2.05) is 39.0 Å². The van der Waals surface area contributed by atoms with Crippen molar-refractivity contribution < 1.29 is 32.2 Å². The Bertz CT molecular complexity index is 1290. The van der Waals surface area contributed by atoms with Crippen molar-refractivity contribution in [3.8, 4) is 5.75 Å². The van der Waals surface area contributed by atoms with Gasteiger partial charge in [-0.1, -0.05) is 54.8 Å². The van der Waals surface area contributed by atoms with Crippen LogP contribution in [0.2, 0.25) is 0 Å². The number of halogens is 3. The van der Waals surface area contributed by atoms with Crippen LogP contribution in [0, 0.1) is 13.8 Å². The Morgan fingerprint density at radius 2 is 1.38 bits per heavy atom. The predicted molar refractivity (Wildman–Crippen MR) is 149 cm³/mol. The Hall–Kier alpha value is -3.81. The first-order valence-corrected chi connectivity index (χ1v) is 13.2. The fourth-order valence-corrected chi connectivity index (χ4v) is 4.66. The summed E-state index contributed by atoms with van der Waals surface area (Å²) in [7, 11) is 0. The zero-order valence-electron chi connectivity index (χ0n) is 23.7. The van der Waals surface area contributed by atoms with Crippen molar-refractivity contribution in [1.29, 1.82) is 0 Å². The number of nitrogens with one attached hydrogen (secondary N) is 1. The van der Waals surface area contributed by atoms with E-state index in [1.165, 1.54) is 24.3 Å². The van der Waals surface area contributed by atoms with Crippen molar-refractivity contribution in [3.63, 3.8) is 0 Å². The molecule has 3 aromatic rings. The third-order valence-electron chi connectivity index (χ3n) is 6.22. The molecule has 0 saturated heterocycles. The molecule has 40 heavy (non-hydrogen) atoms. The van der Waals surface area contributed by atoms with Crippen molar-refractivity contribution >= 4 is 11.9 Å². The highest BCUT2D eigenvalue weighted by atomic mass is 19.4. The van der Waals surface area contributed by atoms with Crippen LogP contribution < -0.4 is 10.1 Å². The second-order valence-corrected chi connectivity index (χ2v) is 11.0. The summed E-state index contributed by atoms with van der Waals surface area (Å²) in [5.74, 6) is -1.31. The Morgan fingerprint density at radius 3 is 1.88 bits per heavy atom. The number of esters is 1. The highest BCUT2D eigenvalue weighted by molar-refractivity contribution is 5.95. The van der Waals surface area contributed by atoms with E-state index in [1.54, 1.807) is 45.0 Å². The lowest BCUT2D eigenvalue weighted by molar-refractivity contribution is -0.274. The summed E-state index contributed by atoms with van der Waals surface area (Å²) >= 11 is 0. The number of rotatable bonds is 9. The number of amides is 1. The number of hydrogen-bond donors (Lipinski definition) is 1. The Balaban J connectivity index is 2.00. The number of aryl methyl sites for hydroxylation is 2. The summed E-state index contributed by atoms with van der Waals surface area (Å²) in [4.78, 5) is 26.0. The molecule has 0 spiro atoms. The van der Waals surface area contributed by atoms with Crippen LogP contribution in [0.15, 0.2) is 66.7 Å². The summed E-state index contributed by atoms with van der Waals surface area (Å²) in [6.45, 7) is 11.2. The Kier molecular flexibility index (Phi) is 9.66. The van der Waals surface area contributed by atoms with Gasteiger partial charge in [0, 0.05) is 11.5 Å². The smallest absolute Gasteiger partial charge is 0.456 e. The number of carbonyl (C=O) groups is 2.